The van der Waals surface area contributed by atoms with Crippen molar-refractivity contribution in [3.8, 4) is 16.9 Å². The van der Waals surface area contributed by atoms with Crippen LogP contribution in [0.1, 0.15) is 127 Å². The highest BCUT2D eigenvalue weighted by atomic mass is 19.1. The average Bonchev–Trinajstić information content (AvgIpc) is 3.33. The van der Waals surface area contributed by atoms with Crippen molar-refractivity contribution in [1.82, 2.24) is 10.6 Å². The summed E-state index contributed by atoms with van der Waals surface area (Å²) in [6.07, 6.45) is 66.4. The van der Waals surface area contributed by atoms with E-state index in [2.05, 4.69) is 158 Å². The molecule has 0 aliphatic rings. The smallest absolute Gasteiger partial charge is 0.311 e. The van der Waals surface area contributed by atoms with Crippen molar-refractivity contribution in [2.75, 3.05) is 20.1 Å². The topological polar surface area (TPSA) is 84.5 Å². The minimum absolute atomic E-state index is 0.0796. The number of esters is 1. The highest BCUT2D eigenvalue weighted by Crippen LogP contribution is 2.29. The molecule has 0 unspecified atom stereocenters. The first-order valence-electron chi connectivity index (χ1n) is 24.3. The molecule has 2 rings (SSSR count). The summed E-state index contributed by atoms with van der Waals surface area (Å²) in [5, 5.41) is 5.68. The van der Waals surface area contributed by atoms with Crippen molar-refractivity contribution in [3.63, 3.8) is 0 Å². The van der Waals surface area contributed by atoms with Crippen LogP contribution in [0.3, 0.4) is 0 Å². The van der Waals surface area contributed by atoms with E-state index in [1.54, 1.807) is 7.05 Å². The number of carbonyl (C=O) groups excluding carboxylic acids is 3. The Labute approximate surface area is 408 Å². The Bertz CT molecular complexity index is 2040. The number of hydrogen-bond donors (Lipinski definition) is 2. The molecule has 0 aliphatic carbocycles. The minimum atomic E-state index is -0.752. The zero-order valence-corrected chi connectivity index (χ0v) is 41.0. The number of benzene rings is 2. The Hall–Kier alpha value is -6.25. The second-order valence-electron chi connectivity index (χ2n) is 15.3. The molecule has 0 aromatic heterocycles. The first-order valence-corrected chi connectivity index (χ1v) is 24.3. The number of likely N-dealkylation sites (N-methyl/N-ethyl adjacent to an activating group) is 1. The summed E-state index contributed by atoms with van der Waals surface area (Å²) >= 11 is 0. The number of halogens is 2. The summed E-state index contributed by atoms with van der Waals surface area (Å²) in [7, 11) is 1.76. The van der Waals surface area contributed by atoms with Crippen LogP contribution in [0.4, 0.5) is 8.78 Å². The van der Waals surface area contributed by atoms with Gasteiger partial charge in [0.15, 0.2) is 0 Å². The molecular formula is C60H78F2N2O4. The predicted molar refractivity (Wildman–Crippen MR) is 285 cm³/mol. The van der Waals surface area contributed by atoms with Gasteiger partial charge >= 0.3 is 5.97 Å². The molecule has 1 amide bonds. The number of carbonyl (C=O) groups is 3. The van der Waals surface area contributed by atoms with Gasteiger partial charge < -0.3 is 20.2 Å². The van der Waals surface area contributed by atoms with Gasteiger partial charge in [0.2, 0.25) is 0 Å². The van der Waals surface area contributed by atoms with Gasteiger partial charge in [-0.05, 0) is 127 Å². The molecule has 0 spiro atoms. The van der Waals surface area contributed by atoms with Crippen molar-refractivity contribution in [2.24, 2.45) is 0 Å². The maximum absolute atomic E-state index is 14.4. The second kappa shape index (κ2) is 44.6. The summed E-state index contributed by atoms with van der Waals surface area (Å²) in [5.74, 6) is -2.32. The standard InChI is InChI=1S/C38H46F2N2O3.C22H32O/c1-3-4-5-6-7-8-9-10-11-12-13-14-15-16-17-18-19-20-21-22-37(43)45-36-26-23-31(33-25-24-32(39)30-35(33)40)29-34(36)38(44)42-28-27-41-2;1-2-3-4-5-6-7-8-9-10-11-12-13-14-15-16-17-18-19-20-21-22-23/h4-5,7-8,10-11,13-14,16-17,19-20,23-26,29-30,41H,3,6,9,12,15,18,21-22,27-28H2,1-2H3,(H,42,44);3-4,6-7,9-10,12-13,15-16,18-19,22H,2,5,8,11,14,17,20-21H2,1H3/b5-4-,8-7-,11-10-,14-13-,17-16-,20-19-;4-3-,7-6-,10-9-,13-12-,16-15-,19-18-. The summed E-state index contributed by atoms with van der Waals surface area (Å²) in [4.78, 5) is 35.5. The molecule has 366 valence electrons. The maximum atomic E-state index is 14.4. The van der Waals surface area contributed by atoms with E-state index in [9.17, 15) is 23.2 Å². The zero-order valence-electron chi connectivity index (χ0n) is 41.0. The lowest BCUT2D eigenvalue weighted by Crippen LogP contribution is -2.30. The Balaban J connectivity index is 0.000000846. The molecule has 0 aliphatic heterocycles. The third kappa shape index (κ3) is 34.1. The van der Waals surface area contributed by atoms with Crippen LogP contribution in [0.2, 0.25) is 0 Å². The lowest BCUT2D eigenvalue weighted by Gasteiger charge is -2.13. The SMILES string of the molecule is CC/C=C\C/C=C\C/C=C\C/C=C\C/C=C\C/C=C\CCC(=O)Oc1ccc(-c2ccc(F)cc2F)cc1C(=O)NCCNC.CC/C=C\C/C=C\C/C=C\C/C=C\C/C=C\C/C=C\CCC=O. The van der Waals surface area contributed by atoms with E-state index in [0.29, 0.717) is 31.5 Å². The highest BCUT2D eigenvalue weighted by Gasteiger charge is 2.18. The van der Waals surface area contributed by atoms with Crippen LogP contribution in [0.5, 0.6) is 5.75 Å². The molecule has 2 aromatic rings. The molecule has 0 atom stereocenters. The Morgan fingerprint density at radius 1 is 0.515 bits per heavy atom. The monoisotopic (exact) mass is 929 g/mol. The molecule has 6 nitrogen and oxygen atoms in total. The molecule has 0 fully saturated rings. The number of unbranched alkanes of at least 4 members (excludes halogenated alkanes) is 1. The van der Waals surface area contributed by atoms with Crippen LogP contribution in [-0.2, 0) is 9.59 Å². The quantitative estimate of drug-likeness (QED) is 0.0240. The normalized spacial score (nSPS) is 12.5. The van der Waals surface area contributed by atoms with Gasteiger partial charge in [0.05, 0.1) is 5.56 Å². The molecule has 68 heavy (non-hydrogen) atoms. The Morgan fingerprint density at radius 2 is 0.941 bits per heavy atom. The lowest BCUT2D eigenvalue weighted by molar-refractivity contribution is -0.134. The van der Waals surface area contributed by atoms with Crippen LogP contribution < -0.4 is 15.4 Å². The van der Waals surface area contributed by atoms with E-state index < -0.39 is 23.5 Å². The number of ether oxygens (including phenoxy) is 1. The second-order valence-corrected chi connectivity index (χ2v) is 15.3. The molecular weight excluding hydrogens is 851 g/mol. The van der Waals surface area contributed by atoms with Gasteiger partial charge in [0.25, 0.3) is 5.91 Å². The number of rotatable bonds is 34. The first-order chi connectivity index (χ1) is 33.4. The van der Waals surface area contributed by atoms with Gasteiger partial charge in [0.1, 0.15) is 23.7 Å². The van der Waals surface area contributed by atoms with Crippen LogP contribution >= 0.6 is 0 Å². The van der Waals surface area contributed by atoms with Crippen LogP contribution in [-0.4, -0.2) is 38.3 Å². The molecule has 0 saturated carbocycles. The fourth-order valence-electron chi connectivity index (χ4n) is 5.90. The van der Waals surface area contributed by atoms with E-state index in [-0.39, 0.29) is 23.3 Å². The van der Waals surface area contributed by atoms with E-state index >= 15 is 0 Å². The van der Waals surface area contributed by atoms with Crippen molar-refractivity contribution in [3.05, 3.63) is 199 Å². The zero-order chi connectivity index (χ0) is 49.4. The fraction of sp³-hybridized carbons (Fsp3) is 0.350. The predicted octanol–water partition coefficient (Wildman–Crippen LogP) is 15.6. The van der Waals surface area contributed by atoms with Crippen molar-refractivity contribution in [1.29, 1.82) is 0 Å². The first kappa shape index (κ1) is 59.8. The highest BCUT2D eigenvalue weighted by molar-refractivity contribution is 5.99. The molecule has 0 bridgehead atoms. The summed E-state index contributed by atoms with van der Waals surface area (Å²) in [6.45, 7) is 5.18. The van der Waals surface area contributed by atoms with Crippen molar-refractivity contribution in [2.45, 2.75) is 117 Å². The number of hydrogen-bond acceptors (Lipinski definition) is 5. The molecule has 2 aromatic carbocycles. The van der Waals surface area contributed by atoms with Crippen molar-refractivity contribution < 1.29 is 27.9 Å². The van der Waals surface area contributed by atoms with E-state index in [0.717, 1.165) is 102 Å². The largest absolute Gasteiger partial charge is 0.426 e. The van der Waals surface area contributed by atoms with E-state index in [4.69, 9.17) is 4.74 Å². The van der Waals surface area contributed by atoms with Crippen molar-refractivity contribution >= 4 is 18.2 Å². The third-order valence-corrected chi connectivity index (χ3v) is 9.51. The van der Waals surface area contributed by atoms with Gasteiger partial charge in [-0.1, -0.05) is 166 Å². The van der Waals surface area contributed by atoms with Crippen LogP contribution in [0, 0.1) is 11.6 Å². The fourth-order valence-corrected chi connectivity index (χ4v) is 5.90. The average molecular weight is 929 g/mol. The Morgan fingerprint density at radius 3 is 1.35 bits per heavy atom. The summed E-state index contributed by atoms with van der Waals surface area (Å²) in [6, 6.07) is 7.67. The molecule has 0 saturated heterocycles. The maximum Gasteiger partial charge on any atom is 0.311 e. The molecule has 0 heterocycles. The Kier molecular flexibility index (Phi) is 39.2. The molecule has 0 radical (unpaired) electrons. The number of nitrogens with one attached hydrogen (secondary N) is 2. The molecule has 8 heteroatoms. The molecule has 2 N–H and O–H groups in total. The van der Waals surface area contributed by atoms with Crippen LogP contribution in [0.15, 0.2) is 182 Å². The summed E-state index contributed by atoms with van der Waals surface area (Å²) in [5.41, 5.74) is 0.592. The number of allylic oxidation sites excluding steroid dienone is 24. The van der Waals surface area contributed by atoms with Gasteiger partial charge in [0, 0.05) is 37.6 Å². The van der Waals surface area contributed by atoms with Gasteiger partial charge in [-0.3, -0.25) is 9.59 Å². The third-order valence-electron chi connectivity index (χ3n) is 9.51. The lowest BCUT2D eigenvalue weighted by atomic mass is 10.0. The van der Waals surface area contributed by atoms with Gasteiger partial charge in [-0.25, -0.2) is 8.78 Å². The number of aldehydes is 1. The van der Waals surface area contributed by atoms with E-state index in [1.165, 1.54) is 24.3 Å². The summed E-state index contributed by atoms with van der Waals surface area (Å²) < 4.78 is 33.3. The van der Waals surface area contributed by atoms with Crippen LogP contribution in [0.25, 0.3) is 11.1 Å². The van der Waals surface area contributed by atoms with Gasteiger partial charge in [-0.2, -0.15) is 0 Å². The number of amides is 1. The van der Waals surface area contributed by atoms with Gasteiger partial charge in [-0.15, -0.1) is 0 Å². The van der Waals surface area contributed by atoms with E-state index in [1.807, 2.05) is 12.2 Å². The minimum Gasteiger partial charge on any atom is -0.426 e.